The Hall–Kier alpha value is -4.85. The van der Waals surface area contributed by atoms with Gasteiger partial charge in [0.15, 0.2) is 0 Å². The van der Waals surface area contributed by atoms with Gasteiger partial charge < -0.3 is 30.3 Å². The zero-order valence-corrected chi connectivity index (χ0v) is 30.9. The van der Waals surface area contributed by atoms with Crippen LogP contribution in [0.3, 0.4) is 0 Å². The Labute approximate surface area is 314 Å². The van der Waals surface area contributed by atoms with Crippen LogP contribution in [0, 0.1) is 5.82 Å². The number of halogens is 1. The lowest BCUT2D eigenvalue weighted by Crippen LogP contribution is -2.54. The van der Waals surface area contributed by atoms with Crippen molar-refractivity contribution in [1.29, 1.82) is 0 Å². The van der Waals surface area contributed by atoms with Crippen molar-refractivity contribution in [3.05, 3.63) is 124 Å². The fraction of sp³-hybridized carbons (Fsp3) is 0.400. The number of ether oxygens (including phenoxy) is 2. The smallest absolute Gasteiger partial charge is 0.407 e. The number of carbonyl (C=O) groups is 3. The van der Waals surface area contributed by atoms with Crippen molar-refractivity contribution in [2.45, 2.75) is 63.4 Å². The molecule has 1 aromatic heterocycles. The number of benzene rings is 3. The third-order valence-electron chi connectivity index (χ3n) is 9.14. The second-order valence-electron chi connectivity index (χ2n) is 13.3. The van der Waals surface area contributed by atoms with Crippen LogP contribution in [0.5, 0.6) is 0 Å². The summed E-state index contributed by atoms with van der Waals surface area (Å²) in [4.78, 5) is 49.2. The lowest BCUT2D eigenvalue weighted by molar-refractivity contribution is -0.124. The van der Waals surface area contributed by atoms with Crippen LogP contribution in [-0.4, -0.2) is 90.8 Å². The standard InChI is InChI=1S/C40H49FN6O5S/c1-46(27-32-12-14-33(41)15-13-32)39(49)45-37(18-19-47-20-22-51-23-21-47)38(48)43-34(24-30-8-4-2-5-9-30)16-17-35(25-31-10-6-3-7-11-31)44-40(50)52-28-36-26-42-29-53-36/h2-15,26,29,34-35,37H,16-25,27-28H2,1H3,(H,43,48)(H,44,50)(H,45,49). The van der Waals surface area contributed by atoms with E-state index in [1.54, 1.807) is 30.9 Å². The van der Waals surface area contributed by atoms with Crippen molar-refractivity contribution in [3.8, 4) is 0 Å². The van der Waals surface area contributed by atoms with E-state index in [0.717, 1.165) is 34.7 Å². The molecule has 3 atom stereocenters. The van der Waals surface area contributed by atoms with Gasteiger partial charge in [0.05, 0.1) is 23.6 Å². The Morgan fingerprint density at radius 1 is 0.849 bits per heavy atom. The van der Waals surface area contributed by atoms with Crippen molar-refractivity contribution < 1.29 is 28.2 Å². The maximum atomic E-state index is 14.2. The van der Waals surface area contributed by atoms with Gasteiger partial charge in [-0.15, -0.1) is 11.3 Å². The molecule has 3 N–H and O–H groups in total. The number of rotatable bonds is 18. The molecule has 3 unspecified atom stereocenters. The van der Waals surface area contributed by atoms with Gasteiger partial charge in [-0.05, 0) is 60.9 Å². The number of hydrogen-bond acceptors (Lipinski definition) is 8. The fourth-order valence-electron chi connectivity index (χ4n) is 6.21. The van der Waals surface area contributed by atoms with Crippen molar-refractivity contribution in [2.24, 2.45) is 0 Å². The van der Waals surface area contributed by atoms with E-state index in [9.17, 15) is 18.8 Å². The topological polar surface area (TPSA) is 125 Å². The van der Waals surface area contributed by atoms with Gasteiger partial charge in [-0.25, -0.2) is 14.0 Å². The molecule has 3 aromatic carbocycles. The second kappa shape index (κ2) is 21.0. The number of amides is 4. The fourth-order valence-corrected chi connectivity index (χ4v) is 6.72. The minimum absolute atomic E-state index is 0.137. The molecule has 0 bridgehead atoms. The summed E-state index contributed by atoms with van der Waals surface area (Å²) in [6, 6.07) is 24.1. The van der Waals surface area contributed by atoms with Crippen molar-refractivity contribution in [1.82, 2.24) is 30.7 Å². The quantitative estimate of drug-likeness (QED) is 0.122. The molecule has 53 heavy (non-hydrogen) atoms. The molecule has 4 amide bonds. The molecule has 11 nitrogen and oxygen atoms in total. The van der Waals surface area contributed by atoms with Gasteiger partial charge in [-0.1, -0.05) is 72.8 Å². The first-order valence-corrected chi connectivity index (χ1v) is 18.9. The van der Waals surface area contributed by atoms with E-state index in [0.29, 0.717) is 51.9 Å². The van der Waals surface area contributed by atoms with Crippen LogP contribution >= 0.6 is 11.3 Å². The van der Waals surface area contributed by atoms with Gasteiger partial charge in [-0.3, -0.25) is 14.7 Å². The van der Waals surface area contributed by atoms with Crippen molar-refractivity contribution in [2.75, 3.05) is 39.9 Å². The van der Waals surface area contributed by atoms with E-state index in [1.807, 2.05) is 60.7 Å². The zero-order chi connectivity index (χ0) is 37.3. The molecular formula is C40H49FN6O5S. The largest absolute Gasteiger partial charge is 0.444 e. The van der Waals surface area contributed by atoms with E-state index in [-0.39, 0.29) is 37.0 Å². The molecule has 1 aliphatic heterocycles. The molecule has 0 radical (unpaired) electrons. The summed E-state index contributed by atoms with van der Waals surface area (Å²) in [7, 11) is 1.65. The van der Waals surface area contributed by atoms with Gasteiger partial charge >= 0.3 is 12.1 Å². The molecule has 2 heterocycles. The number of carbonyl (C=O) groups excluding carboxylic acids is 3. The highest BCUT2D eigenvalue weighted by Gasteiger charge is 2.27. The molecular weight excluding hydrogens is 696 g/mol. The zero-order valence-electron chi connectivity index (χ0n) is 30.1. The van der Waals surface area contributed by atoms with Crippen LogP contribution in [0.25, 0.3) is 0 Å². The van der Waals surface area contributed by atoms with E-state index in [2.05, 4.69) is 25.8 Å². The minimum atomic E-state index is -0.806. The summed E-state index contributed by atoms with van der Waals surface area (Å²) in [5.41, 5.74) is 4.59. The average Bonchev–Trinajstić information content (AvgIpc) is 3.70. The maximum absolute atomic E-state index is 14.2. The molecule has 282 valence electrons. The van der Waals surface area contributed by atoms with Crippen LogP contribution in [0.1, 0.15) is 40.8 Å². The first-order chi connectivity index (χ1) is 25.8. The normalized spacial score (nSPS) is 14.8. The monoisotopic (exact) mass is 744 g/mol. The molecule has 0 aliphatic carbocycles. The Balaban J connectivity index is 1.28. The Morgan fingerprint density at radius 3 is 2.08 bits per heavy atom. The highest BCUT2D eigenvalue weighted by Crippen LogP contribution is 2.15. The van der Waals surface area contributed by atoms with Gasteiger partial charge in [0.25, 0.3) is 0 Å². The summed E-state index contributed by atoms with van der Waals surface area (Å²) >= 11 is 1.42. The van der Waals surface area contributed by atoms with E-state index < -0.39 is 18.2 Å². The molecule has 13 heteroatoms. The SMILES string of the molecule is CN(Cc1ccc(F)cc1)C(=O)NC(CCN1CCOCC1)C(=O)NC(CCC(Cc1ccccc1)NC(=O)OCc1cncs1)Cc1ccccc1. The maximum Gasteiger partial charge on any atom is 0.407 e. The van der Waals surface area contributed by atoms with Crippen LogP contribution in [0.2, 0.25) is 0 Å². The summed E-state index contributed by atoms with van der Waals surface area (Å²) < 4.78 is 24.5. The Kier molecular flexibility index (Phi) is 15.6. The summed E-state index contributed by atoms with van der Waals surface area (Å²) in [6.45, 7) is 3.76. The molecule has 0 saturated carbocycles. The molecule has 0 spiro atoms. The van der Waals surface area contributed by atoms with E-state index >= 15 is 0 Å². The second-order valence-corrected chi connectivity index (χ2v) is 14.2. The number of alkyl carbamates (subject to hydrolysis) is 1. The van der Waals surface area contributed by atoms with Crippen LogP contribution < -0.4 is 16.0 Å². The van der Waals surface area contributed by atoms with Crippen LogP contribution in [0.4, 0.5) is 14.0 Å². The Bertz CT molecular complexity index is 1680. The average molecular weight is 745 g/mol. The summed E-state index contributed by atoms with van der Waals surface area (Å²) in [6.07, 6.45) is 3.84. The van der Waals surface area contributed by atoms with Crippen LogP contribution in [0.15, 0.2) is 96.6 Å². The lowest BCUT2D eigenvalue weighted by atomic mass is 9.95. The van der Waals surface area contributed by atoms with Gasteiger partial charge in [0.1, 0.15) is 18.5 Å². The van der Waals surface area contributed by atoms with Gasteiger partial charge in [0, 0.05) is 51.5 Å². The number of nitrogens with one attached hydrogen (secondary N) is 3. The number of nitrogens with zero attached hydrogens (tertiary/aromatic N) is 3. The van der Waals surface area contributed by atoms with Crippen LogP contribution in [-0.2, 0) is 40.3 Å². The number of urea groups is 1. The number of morpholine rings is 1. The first-order valence-electron chi connectivity index (χ1n) is 18.1. The molecule has 1 fully saturated rings. The van der Waals surface area contributed by atoms with Crippen molar-refractivity contribution >= 4 is 29.4 Å². The lowest BCUT2D eigenvalue weighted by Gasteiger charge is -2.30. The predicted molar refractivity (Wildman–Crippen MR) is 203 cm³/mol. The molecule has 5 rings (SSSR count). The summed E-state index contributed by atoms with van der Waals surface area (Å²) in [5.74, 6) is -0.626. The number of hydrogen-bond donors (Lipinski definition) is 3. The van der Waals surface area contributed by atoms with Gasteiger partial charge in [0.2, 0.25) is 5.91 Å². The Morgan fingerprint density at radius 2 is 1.47 bits per heavy atom. The third kappa shape index (κ3) is 13.9. The summed E-state index contributed by atoms with van der Waals surface area (Å²) in [5, 5.41) is 9.29. The highest BCUT2D eigenvalue weighted by molar-refractivity contribution is 7.09. The van der Waals surface area contributed by atoms with E-state index in [4.69, 9.17) is 9.47 Å². The van der Waals surface area contributed by atoms with Gasteiger partial charge in [-0.2, -0.15) is 0 Å². The minimum Gasteiger partial charge on any atom is -0.444 e. The molecule has 1 aliphatic rings. The number of thiazole rings is 1. The van der Waals surface area contributed by atoms with E-state index in [1.165, 1.54) is 28.4 Å². The third-order valence-corrected chi connectivity index (χ3v) is 9.90. The molecule has 1 saturated heterocycles. The molecule has 4 aromatic rings. The highest BCUT2D eigenvalue weighted by atomic mass is 32.1. The predicted octanol–water partition coefficient (Wildman–Crippen LogP) is 5.56. The number of aromatic nitrogens is 1. The van der Waals surface area contributed by atoms with Crippen molar-refractivity contribution in [3.63, 3.8) is 0 Å². The first kappa shape index (κ1) is 39.4.